The van der Waals surface area contributed by atoms with Crippen LogP contribution in [-0.4, -0.2) is 26.2 Å². The van der Waals surface area contributed by atoms with E-state index in [9.17, 15) is 13.6 Å². The van der Waals surface area contributed by atoms with Crippen LogP contribution in [0.25, 0.3) is 0 Å². The Morgan fingerprint density at radius 3 is 2.46 bits per heavy atom. The smallest absolute Gasteiger partial charge is 0.387 e. The first-order valence-corrected chi connectivity index (χ1v) is 8.17. The van der Waals surface area contributed by atoms with Crippen molar-refractivity contribution in [3.63, 3.8) is 0 Å². The van der Waals surface area contributed by atoms with Gasteiger partial charge in [0.05, 0.1) is 18.7 Å². The minimum absolute atomic E-state index is 0.00839. The molecular formula is C18H18ClF2NO4. The first kappa shape index (κ1) is 19.8. The van der Waals surface area contributed by atoms with Gasteiger partial charge in [-0.05, 0) is 48.9 Å². The second kappa shape index (κ2) is 9.82. The first-order chi connectivity index (χ1) is 12.5. The van der Waals surface area contributed by atoms with E-state index in [0.717, 1.165) is 5.75 Å². The number of halogens is 3. The largest absolute Gasteiger partial charge is 0.497 e. The molecule has 0 spiro atoms. The molecule has 0 unspecified atom stereocenters. The van der Waals surface area contributed by atoms with Gasteiger partial charge in [-0.15, -0.1) is 0 Å². The summed E-state index contributed by atoms with van der Waals surface area (Å²) in [4.78, 5) is 11.9. The van der Waals surface area contributed by atoms with Crippen molar-refractivity contribution in [1.29, 1.82) is 0 Å². The van der Waals surface area contributed by atoms with Gasteiger partial charge in [0.2, 0.25) is 5.91 Å². The van der Waals surface area contributed by atoms with Crippen molar-refractivity contribution in [3.05, 3.63) is 47.5 Å². The van der Waals surface area contributed by atoms with Crippen molar-refractivity contribution >= 4 is 23.2 Å². The normalized spacial score (nSPS) is 10.5. The maximum atomic E-state index is 12.2. The minimum Gasteiger partial charge on any atom is -0.497 e. The number of benzene rings is 2. The van der Waals surface area contributed by atoms with Gasteiger partial charge in [-0.2, -0.15) is 8.78 Å². The molecule has 0 aromatic heterocycles. The van der Waals surface area contributed by atoms with Crippen molar-refractivity contribution < 1.29 is 27.8 Å². The SMILES string of the molecule is COc1ccc(OCCCC(=O)Nc2ccc(OC(F)F)c(Cl)c2)cc1. The molecule has 0 aliphatic heterocycles. The molecule has 0 atom stereocenters. The molecule has 0 heterocycles. The number of methoxy groups -OCH3 is 1. The Morgan fingerprint density at radius 2 is 1.85 bits per heavy atom. The van der Waals surface area contributed by atoms with Crippen LogP contribution in [-0.2, 0) is 4.79 Å². The van der Waals surface area contributed by atoms with Crippen LogP contribution in [0.1, 0.15) is 12.8 Å². The van der Waals surface area contributed by atoms with Gasteiger partial charge in [0.15, 0.2) is 0 Å². The molecule has 140 valence electrons. The van der Waals surface area contributed by atoms with Gasteiger partial charge >= 0.3 is 6.61 Å². The van der Waals surface area contributed by atoms with E-state index < -0.39 is 6.61 Å². The number of alkyl halides is 2. The minimum atomic E-state index is -2.96. The number of hydrogen-bond donors (Lipinski definition) is 1. The van der Waals surface area contributed by atoms with Gasteiger partial charge in [-0.3, -0.25) is 4.79 Å². The molecular weight excluding hydrogens is 368 g/mol. The van der Waals surface area contributed by atoms with Crippen LogP contribution in [0.4, 0.5) is 14.5 Å². The van der Waals surface area contributed by atoms with E-state index in [2.05, 4.69) is 10.1 Å². The molecule has 26 heavy (non-hydrogen) atoms. The van der Waals surface area contributed by atoms with Crippen LogP contribution in [0.15, 0.2) is 42.5 Å². The Bertz CT molecular complexity index is 726. The number of carbonyl (C=O) groups is 1. The molecule has 2 aromatic rings. The quantitative estimate of drug-likeness (QED) is 0.633. The fraction of sp³-hybridized carbons (Fsp3) is 0.278. The highest BCUT2D eigenvalue weighted by Crippen LogP contribution is 2.29. The summed E-state index contributed by atoms with van der Waals surface area (Å²) in [5.74, 6) is 1.04. The second-order valence-electron chi connectivity index (χ2n) is 5.20. The molecule has 1 amide bonds. The fourth-order valence-corrected chi connectivity index (χ4v) is 2.31. The highest BCUT2D eigenvalue weighted by atomic mass is 35.5. The monoisotopic (exact) mass is 385 g/mol. The predicted octanol–water partition coefficient (Wildman–Crippen LogP) is 4.75. The van der Waals surface area contributed by atoms with Gasteiger partial charge in [0.25, 0.3) is 0 Å². The van der Waals surface area contributed by atoms with Gasteiger partial charge < -0.3 is 19.5 Å². The molecule has 2 aromatic carbocycles. The Labute approximate surface area is 154 Å². The van der Waals surface area contributed by atoms with E-state index in [4.69, 9.17) is 21.1 Å². The summed E-state index contributed by atoms with van der Waals surface area (Å²) in [6.07, 6.45) is 0.751. The Balaban J connectivity index is 1.73. The molecule has 2 rings (SSSR count). The number of hydrogen-bond acceptors (Lipinski definition) is 4. The number of amides is 1. The van der Waals surface area contributed by atoms with Gasteiger partial charge in [0.1, 0.15) is 17.2 Å². The van der Waals surface area contributed by atoms with Crippen LogP contribution in [0.3, 0.4) is 0 Å². The molecule has 0 aliphatic rings. The van der Waals surface area contributed by atoms with E-state index in [1.54, 1.807) is 31.4 Å². The number of rotatable bonds is 9. The molecule has 0 saturated carbocycles. The highest BCUT2D eigenvalue weighted by molar-refractivity contribution is 6.32. The fourth-order valence-electron chi connectivity index (χ4n) is 2.09. The molecule has 5 nitrogen and oxygen atoms in total. The average Bonchev–Trinajstić information content (AvgIpc) is 2.61. The van der Waals surface area contributed by atoms with Crippen molar-refractivity contribution in [2.75, 3.05) is 19.0 Å². The van der Waals surface area contributed by atoms with E-state index in [1.807, 2.05) is 0 Å². The van der Waals surface area contributed by atoms with E-state index in [-0.39, 0.29) is 23.1 Å². The summed E-state index contributed by atoms with van der Waals surface area (Å²) in [5.41, 5.74) is 0.401. The first-order valence-electron chi connectivity index (χ1n) is 7.79. The number of carbonyl (C=O) groups excluding carboxylic acids is 1. The Hall–Kier alpha value is -2.54. The van der Waals surface area contributed by atoms with Crippen molar-refractivity contribution in [2.45, 2.75) is 19.5 Å². The maximum Gasteiger partial charge on any atom is 0.387 e. The van der Waals surface area contributed by atoms with Crippen LogP contribution >= 0.6 is 11.6 Å². The third kappa shape index (κ3) is 6.40. The summed E-state index contributed by atoms with van der Waals surface area (Å²) in [7, 11) is 1.58. The van der Waals surface area contributed by atoms with Crippen molar-refractivity contribution in [1.82, 2.24) is 0 Å². The maximum absolute atomic E-state index is 12.2. The number of ether oxygens (including phenoxy) is 3. The molecule has 0 saturated heterocycles. The highest BCUT2D eigenvalue weighted by Gasteiger charge is 2.10. The number of anilines is 1. The lowest BCUT2D eigenvalue weighted by atomic mass is 10.2. The zero-order valence-corrected chi connectivity index (χ0v) is 14.8. The molecule has 0 radical (unpaired) electrons. The van der Waals surface area contributed by atoms with Crippen molar-refractivity contribution in [2.24, 2.45) is 0 Å². The summed E-state index contributed by atoms with van der Waals surface area (Å²) in [6.45, 7) is -2.58. The summed E-state index contributed by atoms with van der Waals surface area (Å²) < 4.78 is 39.2. The van der Waals surface area contributed by atoms with Crippen LogP contribution in [0, 0.1) is 0 Å². The van der Waals surface area contributed by atoms with Gasteiger partial charge in [-0.1, -0.05) is 11.6 Å². The van der Waals surface area contributed by atoms with E-state index in [0.29, 0.717) is 24.5 Å². The average molecular weight is 386 g/mol. The standard InChI is InChI=1S/C18H18ClF2NO4/c1-24-13-5-7-14(8-6-13)25-10-2-3-17(23)22-12-4-9-16(15(19)11-12)26-18(20)21/h4-9,11,18H,2-3,10H2,1H3,(H,22,23). The number of nitrogens with one attached hydrogen (secondary N) is 1. The van der Waals surface area contributed by atoms with Crippen LogP contribution in [0.2, 0.25) is 5.02 Å². The summed E-state index contributed by atoms with van der Waals surface area (Å²) >= 11 is 5.83. The molecule has 0 fully saturated rings. The summed E-state index contributed by atoms with van der Waals surface area (Å²) in [6, 6.07) is 11.2. The Morgan fingerprint density at radius 1 is 1.15 bits per heavy atom. The lowest BCUT2D eigenvalue weighted by Gasteiger charge is -2.10. The van der Waals surface area contributed by atoms with Crippen LogP contribution < -0.4 is 19.5 Å². The third-order valence-electron chi connectivity index (χ3n) is 3.31. The van der Waals surface area contributed by atoms with E-state index in [1.165, 1.54) is 18.2 Å². The topological polar surface area (TPSA) is 56.8 Å². The molecule has 1 N–H and O–H groups in total. The van der Waals surface area contributed by atoms with Gasteiger partial charge in [0, 0.05) is 12.1 Å². The van der Waals surface area contributed by atoms with Crippen LogP contribution in [0.5, 0.6) is 17.2 Å². The second-order valence-corrected chi connectivity index (χ2v) is 5.61. The Kier molecular flexibility index (Phi) is 7.47. The predicted molar refractivity (Wildman–Crippen MR) is 94.4 cm³/mol. The molecule has 8 heteroatoms. The molecule has 0 aliphatic carbocycles. The van der Waals surface area contributed by atoms with E-state index >= 15 is 0 Å². The zero-order chi connectivity index (χ0) is 18.9. The summed E-state index contributed by atoms with van der Waals surface area (Å²) in [5, 5.41) is 2.63. The third-order valence-corrected chi connectivity index (χ3v) is 3.60. The lowest BCUT2D eigenvalue weighted by Crippen LogP contribution is -2.13. The van der Waals surface area contributed by atoms with Gasteiger partial charge in [-0.25, -0.2) is 0 Å². The molecule has 0 bridgehead atoms. The zero-order valence-electron chi connectivity index (χ0n) is 14.0. The lowest BCUT2D eigenvalue weighted by molar-refractivity contribution is -0.116. The van der Waals surface area contributed by atoms with Crippen molar-refractivity contribution in [3.8, 4) is 17.2 Å².